The molecule has 0 atom stereocenters. The Labute approximate surface area is 263 Å². The van der Waals surface area contributed by atoms with E-state index in [4.69, 9.17) is 26.8 Å². The second kappa shape index (κ2) is 14.6. The molecule has 228 valence electrons. The highest BCUT2D eigenvalue weighted by atomic mass is 32.2. The van der Waals surface area contributed by atoms with E-state index >= 15 is 0 Å². The van der Waals surface area contributed by atoms with Crippen LogP contribution in [-0.2, 0) is 14.3 Å². The van der Waals surface area contributed by atoms with Crippen molar-refractivity contribution in [2.75, 3.05) is 51.3 Å². The fourth-order valence-corrected chi connectivity index (χ4v) is 6.05. The van der Waals surface area contributed by atoms with Gasteiger partial charge in [-0.05, 0) is 47.5 Å². The zero-order chi connectivity index (χ0) is 31.1. The number of aromatic carboxylic acids is 1. The maximum absolute atomic E-state index is 14.0. The summed E-state index contributed by atoms with van der Waals surface area (Å²) in [5, 5.41) is 11.5. The first-order valence-corrected chi connectivity index (χ1v) is 15.2. The highest BCUT2D eigenvalue weighted by Crippen LogP contribution is 2.36. The lowest BCUT2D eigenvalue weighted by Gasteiger charge is -2.26. The van der Waals surface area contributed by atoms with Crippen LogP contribution in [0.25, 0.3) is 17.2 Å². The van der Waals surface area contributed by atoms with Crippen LogP contribution in [0.2, 0.25) is 0 Å². The third kappa shape index (κ3) is 7.88. The Hall–Kier alpha value is -4.10. The third-order valence-electron chi connectivity index (χ3n) is 7.09. The highest BCUT2D eigenvalue weighted by Gasteiger charge is 2.32. The molecule has 0 bridgehead atoms. The van der Waals surface area contributed by atoms with Crippen LogP contribution in [0.1, 0.15) is 22.3 Å². The summed E-state index contributed by atoms with van der Waals surface area (Å²) >= 11 is 6.62. The number of nitrogens with one attached hydrogen (secondary N) is 1. The minimum atomic E-state index is -1.40. The molecular formula is C32H30FN3O6S2. The number of ether oxygens (including phenoxy) is 2. The summed E-state index contributed by atoms with van der Waals surface area (Å²) in [6.45, 7) is 4.39. The van der Waals surface area contributed by atoms with Gasteiger partial charge in [0, 0.05) is 43.9 Å². The van der Waals surface area contributed by atoms with E-state index in [2.05, 4.69) is 10.2 Å². The second-order valence-electron chi connectivity index (χ2n) is 10.1. The number of benzene rings is 3. The Kier molecular flexibility index (Phi) is 10.4. The molecule has 0 saturated carbocycles. The van der Waals surface area contributed by atoms with Gasteiger partial charge in [-0.1, -0.05) is 60.4 Å². The first-order chi connectivity index (χ1) is 21.3. The van der Waals surface area contributed by atoms with Crippen LogP contribution in [-0.4, -0.2) is 83.0 Å². The molecule has 3 aromatic carbocycles. The standard InChI is InChI=1S/C32H30FN3O6S2/c33-26-20-24(7-8-25(26)31(39)40)34-29(37)10-11-36-30(38)28(44-32(36)43)19-23-18-22(21-4-2-1-3-5-21)6-9-27(23)42-17-14-35-12-15-41-16-13-35/h1-9,18-20H,10-17H2,(H,34,37)(H,39,40)/b28-19-. The summed E-state index contributed by atoms with van der Waals surface area (Å²) in [4.78, 5) is 41.0. The maximum atomic E-state index is 14.0. The average molecular weight is 636 g/mol. The molecule has 3 aromatic rings. The highest BCUT2D eigenvalue weighted by molar-refractivity contribution is 8.26. The van der Waals surface area contributed by atoms with Crippen molar-refractivity contribution in [3.63, 3.8) is 0 Å². The van der Waals surface area contributed by atoms with Crippen molar-refractivity contribution in [3.05, 3.63) is 88.6 Å². The number of carbonyl (C=O) groups is 3. The van der Waals surface area contributed by atoms with Crippen LogP contribution in [0.4, 0.5) is 10.1 Å². The quantitative estimate of drug-likeness (QED) is 0.219. The lowest BCUT2D eigenvalue weighted by molar-refractivity contribution is -0.122. The fraction of sp³-hybridized carbons (Fsp3) is 0.250. The lowest BCUT2D eigenvalue weighted by atomic mass is 10.0. The third-order valence-corrected chi connectivity index (χ3v) is 8.47. The van der Waals surface area contributed by atoms with Gasteiger partial charge < -0.3 is 19.9 Å². The normalized spacial score (nSPS) is 16.4. The van der Waals surface area contributed by atoms with Crippen LogP contribution >= 0.6 is 24.0 Å². The number of hydrogen-bond acceptors (Lipinski definition) is 8. The van der Waals surface area contributed by atoms with Crippen molar-refractivity contribution in [2.24, 2.45) is 0 Å². The molecule has 9 nitrogen and oxygen atoms in total. The zero-order valence-electron chi connectivity index (χ0n) is 23.7. The number of carbonyl (C=O) groups excluding carboxylic acids is 2. The van der Waals surface area contributed by atoms with E-state index in [0.29, 0.717) is 34.8 Å². The molecule has 0 radical (unpaired) electrons. The monoisotopic (exact) mass is 635 g/mol. The Bertz CT molecular complexity index is 1590. The average Bonchev–Trinajstić information content (AvgIpc) is 3.28. The molecule has 0 aromatic heterocycles. The van der Waals surface area contributed by atoms with Crippen LogP contribution in [0.3, 0.4) is 0 Å². The molecule has 2 aliphatic rings. The number of rotatable bonds is 11. The largest absolute Gasteiger partial charge is 0.492 e. The molecule has 0 aliphatic carbocycles. The van der Waals surface area contributed by atoms with Gasteiger partial charge in [-0.2, -0.15) is 0 Å². The number of nitrogens with zero attached hydrogens (tertiary/aromatic N) is 2. The predicted octanol–water partition coefficient (Wildman–Crippen LogP) is 5.13. The number of carboxylic acids is 1. The Morgan fingerprint density at radius 2 is 1.82 bits per heavy atom. The van der Waals surface area contributed by atoms with Gasteiger partial charge >= 0.3 is 5.97 Å². The Balaban J connectivity index is 1.27. The summed E-state index contributed by atoms with van der Waals surface area (Å²) < 4.78 is 25.9. The van der Waals surface area contributed by atoms with Gasteiger partial charge in [-0.25, -0.2) is 9.18 Å². The van der Waals surface area contributed by atoms with E-state index in [1.165, 1.54) is 11.0 Å². The van der Waals surface area contributed by atoms with E-state index < -0.39 is 23.3 Å². The number of halogens is 1. The number of amides is 2. The van der Waals surface area contributed by atoms with E-state index in [1.807, 2.05) is 48.5 Å². The molecular weight excluding hydrogens is 605 g/mol. The number of morpholine rings is 1. The number of thiocarbonyl (C=S) groups is 1. The van der Waals surface area contributed by atoms with Crippen molar-refractivity contribution in [3.8, 4) is 16.9 Å². The molecule has 2 heterocycles. The summed E-state index contributed by atoms with van der Waals surface area (Å²) in [5.74, 6) is -2.52. The van der Waals surface area contributed by atoms with Gasteiger partial charge in [-0.15, -0.1) is 0 Å². The summed E-state index contributed by atoms with van der Waals surface area (Å²) in [6, 6.07) is 19.1. The van der Waals surface area contributed by atoms with E-state index in [-0.39, 0.29) is 24.6 Å². The van der Waals surface area contributed by atoms with E-state index in [1.54, 1.807) is 6.08 Å². The summed E-state index contributed by atoms with van der Waals surface area (Å²) in [6.07, 6.45) is 1.67. The Morgan fingerprint density at radius 3 is 2.55 bits per heavy atom. The molecule has 2 saturated heterocycles. The van der Waals surface area contributed by atoms with Crippen LogP contribution in [0.15, 0.2) is 71.6 Å². The van der Waals surface area contributed by atoms with Gasteiger partial charge in [0.25, 0.3) is 5.91 Å². The van der Waals surface area contributed by atoms with Crippen molar-refractivity contribution in [1.82, 2.24) is 9.80 Å². The van der Waals surface area contributed by atoms with Gasteiger partial charge in [0.2, 0.25) is 5.91 Å². The first kappa shape index (κ1) is 31.3. The molecule has 2 N–H and O–H groups in total. The minimum absolute atomic E-state index is 0.0243. The van der Waals surface area contributed by atoms with Crippen LogP contribution in [0.5, 0.6) is 5.75 Å². The Morgan fingerprint density at radius 1 is 1.05 bits per heavy atom. The van der Waals surface area contributed by atoms with Gasteiger partial charge in [0.15, 0.2) is 0 Å². The second-order valence-corrected chi connectivity index (χ2v) is 11.7. The number of thioether (sulfide) groups is 1. The summed E-state index contributed by atoms with van der Waals surface area (Å²) in [5.41, 5.74) is 2.35. The first-order valence-electron chi connectivity index (χ1n) is 14.0. The molecule has 5 rings (SSSR count). The number of hydrogen-bond donors (Lipinski definition) is 2. The molecule has 0 spiro atoms. The van der Waals surface area contributed by atoms with Crippen molar-refractivity contribution in [1.29, 1.82) is 0 Å². The lowest BCUT2D eigenvalue weighted by Crippen LogP contribution is -2.38. The molecule has 2 aliphatic heterocycles. The number of anilines is 1. The molecule has 2 amide bonds. The van der Waals surface area contributed by atoms with Crippen LogP contribution < -0.4 is 10.1 Å². The van der Waals surface area contributed by atoms with Crippen molar-refractivity contribution >= 4 is 57.8 Å². The van der Waals surface area contributed by atoms with Crippen LogP contribution in [0, 0.1) is 5.82 Å². The SMILES string of the molecule is O=C(CCN1C(=O)/C(=C/c2cc(-c3ccccc3)ccc2OCCN2CCOCC2)SC1=S)Nc1ccc(C(=O)O)c(F)c1. The van der Waals surface area contributed by atoms with Gasteiger partial charge in [0.05, 0.1) is 23.7 Å². The van der Waals surface area contributed by atoms with E-state index in [0.717, 1.165) is 60.2 Å². The predicted molar refractivity (Wildman–Crippen MR) is 171 cm³/mol. The molecule has 12 heteroatoms. The minimum Gasteiger partial charge on any atom is -0.492 e. The molecule has 44 heavy (non-hydrogen) atoms. The van der Waals surface area contributed by atoms with Gasteiger partial charge in [-0.3, -0.25) is 19.4 Å². The number of carboxylic acid groups (broad SMARTS) is 1. The van der Waals surface area contributed by atoms with E-state index in [9.17, 15) is 18.8 Å². The molecule has 2 fully saturated rings. The smallest absolute Gasteiger partial charge is 0.338 e. The summed E-state index contributed by atoms with van der Waals surface area (Å²) in [7, 11) is 0. The van der Waals surface area contributed by atoms with Crippen molar-refractivity contribution in [2.45, 2.75) is 6.42 Å². The zero-order valence-corrected chi connectivity index (χ0v) is 25.3. The molecule has 0 unspecified atom stereocenters. The van der Waals surface area contributed by atoms with Crippen molar-refractivity contribution < 1.29 is 33.4 Å². The topological polar surface area (TPSA) is 108 Å². The maximum Gasteiger partial charge on any atom is 0.338 e. The fourth-order valence-electron chi connectivity index (χ4n) is 4.75. The van der Waals surface area contributed by atoms with Gasteiger partial charge in [0.1, 0.15) is 22.5 Å².